The molecule has 11 heteroatoms. The molecule has 4 N–H and O–H groups in total. The largest absolute Gasteiger partial charge is 0.445 e. The Morgan fingerprint density at radius 2 is 1.79 bits per heavy atom. The highest BCUT2D eigenvalue weighted by atomic mass is 16.5. The Labute approximate surface area is 253 Å². The number of hydrogen-bond acceptors (Lipinski definition) is 7. The van der Waals surface area contributed by atoms with Crippen molar-refractivity contribution in [2.75, 3.05) is 5.32 Å². The highest BCUT2D eigenvalue weighted by molar-refractivity contribution is 6.01. The van der Waals surface area contributed by atoms with E-state index in [0.717, 1.165) is 37.7 Å². The van der Waals surface area contributed by atoms with Gasteiger partial charge in [0.2, 0.25) is 12.3 Å². The molecule has 3 rings (SSSR count). The van der Waals surface area contributed by atoms with Crippen LogP contribution >= 0.6 is 0 Å². The minimum absolute atomic E-state index is 0.0344. The molecular formula is C32H45N5O6. The average molecular weight is 596 g/mol. The van der Waals surface area contributed by atoms with Crippen molar-refractivity contribution in [1.82, 2.24) is 20.7 Å². The number of unbranched alkanes of at least 4 members (excludes halogenated alkanes) is 1. The van der Waals surface area contributed by atoms with Crippen LogP contribution in [0.5, 0.6) is 0 Å². The van der Waals surface area contributed by atoms with Crippen LogP contribution in [0.15, 0.2) is 54.7 Å². The third-order valence-corrected chi connectivity index (χ3v) is 8.04. The normalized spacial score (nSPS) is 16.2. The fraction of sp³-hybridized carbons (Fsp3) is 0.531. The van der Waals surface area contributed by atoms with Crippen molar-refractivity contribution in [2.45, 2.75) is 96.4 Å². The maximum absolute atomic E-state index is 14.2. The summed E-state index contributed by atoms with van der Waals surface area (Å²) >= 11 is 0. The molecule has 4 amide bonds. The van der Waals surface area contributed by atoms with E-state index in [2.05, 4.69) is 20.9 Å². The first-order valence-corrected chi connectivity index (χ1v) is 15.3. The minimum atomic E-state index is -1.90. The van der Waals surface area contributed by atoms with E-state index in [9.17, 15) is 24.4 Å². The Morgan fingerprint density at radius 1 is 1.07 bits per heavy atom. The standard InChI is InChI=1S/C32H45N5O6/c1-3-5-19-32(30(40)34-28-18-12-13-20-33-28,36-31(41)43-22-25-16-10-7-11-17-25)35-29(39)26(27(4-2)37(42)23-38)21-24-14-8-6-9-15-24/h7,10-13,16-18,20,23-24,26-27,42H,3-6,8-9,14-15,19,21-22H2,1-2H3,(H,35,39)(H,36,41)(H,33,34,40)/t26-,27+,32+/m1/s1. The lowest BCUT2D eigenvalue weighted by molar-refractivity contribution is -0.169. The van der Waals surface area contributed by atoms with Crippen molar-refractivity contribution in [2.24, 2.45) is 11.8 Å². The number of alkyl carbamates (subject to hydrolysis) is 1. The molecule has 1 fully saturated rings. The second kappa shape index (κ2) is 17.2. The zero-order valence-electron chi connectivity index (χ0n) is 25.2. The molecule has 43 heavy (non-hydrogen) atoms. The predicted molar refractivity (Wildman–Crippen MR) is 161 cm³/mol. The summed E-state index contributed by atoms with van der Waals surface area (Å²) < 4.78 is 5.46. The van der Waals surface area contributed by atoms with Gasteiger partial charge in [-0.1, -0.05) is 88.8 Å². The minimum Gasteiger partial charge on any atom is -0.445 e. The quantitative estimate of drug-likeness (QED) is 0.0906. The fourth-order valence-electron chi connectivity index (χ4n) is 5.68. The van der Waals surface area contributed by atoms with Crippen LogP contribution in [0, 0.1) is 11.8 Å². The van der Waals surface area contributed by atoms with Gasteiger partial charge < -0.3 is 15.4 Å². The number of rotatable bonds is 16. The lowest BCUT2D eigenvalue weighted by Crippen LogP contribution is -2.68. The first kappa shape index (κ1) is 33.5. The molecule has 2 aromatic rings. The lowest BCUT2D eigenvalue weighted by atomic mass is 9.79. The van der Waals surface area contributed by atoms with Gasteiger partial charge in [-0.05, 0) is 49.3 Å². The van der Waals surface area contributed by atoms with Gasteiger partial charge in [0.15, 0.2) is 5.66 Å². The predicted octanol–water partition coefficient (Wildman–Crippen LogP) is 5.16. The van der Waals surface area contributed by atoms with Crippen molar-refractivity contribution >= 4 is 30.1 Å². The molecule has 1 aliphatic rings. The Kier molecular flexibility index (Phi) is 13.4. The van der Waals surface area contributed by atoms with Crippen LogP contribution in [0.25, 0.3) is 0 Å². The number of carbonyl (C=O) groups excluding carboxylic acids is 4. The van der Waals surface area contributed by atoms with E-state index in [0.29, 0.717) is 37.2 Å². The van der Waals surface area contributed by atoms with Crippen LogP contribution in [-0.4, -0.2) is 51.3 Å². The van der Waals surface area contributed by atoms with Crippen molar-refractivity contribution in [1.29, 1.82) is 0 Å². The van der Waals surface area contributed by atoms with Gasteiger partial charge in [0.05, 0.1) is 12.0 Å². The number of hydrogen-bond donors (Lipinski definition) is 4. The zero-order chi connectivity index (χ0) is 31.1. The van der Waals surface area contributed by atoms with E-state index in [-0.39, 0.29) is 24.8 Å². The smallest absolute Gasteiger partial charge is 0.409 e. The van der Waals surface area contributed by atoms with E-state index >= 15 is 0 Å². The van der Waals surface area contributed by atoms with Gasteiger partial charge in [0.25, 0.3) is 5.91 Å². The van der Waals surface area contributed by atoms with E-state index in [1.807, 2.05) is 37.3 Å². The molecule has 1 aliphatic carbocycles. The van der Waals surface area contributed by atoms with Gasteiger partial charge in [-0.3, -0.25) is 24.9 Å². The van der Waals surface area contributed by atoms with E-state index < -0.39 is 35.5 Å². The zero-order valence-corrected chi connectivity index (χ0v) is 25.2. The molecule has 11 nitrogen and oxygen atoms in total. The van der Waals surface area contributed by atoms with E-state index in [4.69, 9.17) is 4.74 Å². The van der Waals surface area contributed by atoms with Crippen LogP contribution in [0.4, 0.5) is 10.6 Å². The van der Waals surface area contributed by atoms with Crippen molar-refractivity contribution in [3.05, 3.63) is 60.3 Å². The fourth-order valence-corrected chi connectivity index (χ4v) is 5.68. The summed E-state index contributed by atoms with van der Waals surface area (Å²) in [5.41, 5.74) is -1.14. The van der Waals surface area contributed by atoms with Crippen molar-refractivity contribution < 1.29 is 29.1 Å². The average Bonchev–Trinajstić information content (AvgIpc) is 3.03. The Morgan fingerprint density at radius 3 is 2.42 bits per heavy atom. The van der Waals surface area contributed by atoms with Crippen molar-refractivity contribution in [3.63, 3.8) is 0 Å². The first-order chi connectivity index (χ1) is 20.8. The molecular weight excluding hydrogens is 550 g/mol. The summed E-state index contributed by atoms with van der Waals surface area (Å²) in [6, 6.07) is 13.3. The SMILES string of the molecule is CCCC[C@@](NC(=O)OCc1ccccc1)(NC(=O)[C@H](CC1CCCCC1)[C@H](CC)N(O)C=O)C(=O)Nc1ccccn1. The van der Waals surface area contributed by atoms with Crippen LogP contribution in [0.1, 0.15) is 83.6 Å². The van der Waals surface area contributed by atoms with Gasteiger partial charge in [0, 0.05) is 6.20 Å². The number of anilines is 1. The number of ether oxygens (including phenoxy) is 1. The third-order valence-electron chi connectivity index (χ3n) is 8.04. The number of benzene rings is 1. The third kappa shape index (κ3) is 10.1. The number of pyridine rings is 1. The molecule has 234 valence electrons. The second-order valence-corrected chi connectivity index (χ2v) is 11.2. The number of carbonyl (C=O) groups is 4. The topological polar surface area (TPSA) is 150 Å². The number of amides is 4. The maximum Gasteiger partial charge on any atom is 0.409 e. The Balaban J connectivity index is 1.95. The first-order valence-electron chi connectivity index (χ1n) is 15.3. The molecule has 1 heterocycles. The molecule has 0 spiro atoms. The highest BCUT2D eigenvalue weighted by Crippen LogP contribution is 2.32. The van der Waals surface area contributed by atoms with E-state index in [1.165, 1.54) is 6.20 Å². The summed E-state index contributed by atoms with van der Waals surface area (Å²) in [7, 11) is 0. The Hall–Kier alpha value is -3.99. The van der Waals surface area contributed by atoms with Gasteiger partial charge in [-0.15, -0.1) is 0 Å². The van der Waals surface area contributed by atoms with Gasteiger partial charge in [0.1, 0.15) is 12.4 Å². The van der Waals surface area contributed by atoms with Gasteiger partial charge in [-0.25, -0.2) is 14.8 Å². The number of nitrogens with one attached hydrogen (secondary N) is 3. The molecule has 0 saturated heterocycles. The van der Waals surface area contributed by atoms with Crippen molar-refractivity contribution in [3.8, 4) is 0 Å². The van der Waals surface area contributed by atoms with Crippen LogP contribution < -0.4 is 16.0 Å². The monoisotopic (exact) mass is 595 g/mol. The number of hydroxylamine groups is 2. The van der Waals surface area contributed by atoms with Gasteiger partial charge in [-0.2, -0.15) is 0 Å². The number of nitrogens with zero attached hydrogens (tertiary/aromatic N) is 2. The van der Waals surface area contributed by atoms with Gasteiger partial charge >= 0.3 is 6.09 Å². The molecule has 1 saturated carbocycles. The highest BCUT2D eigenvalue weighted by Gasteiger charge is 2.45. The number of aromatic nitrogens is 1. The Bertz CT molecular complexity index is 1160. The van der Waals surface area contributed by atoms with Crippen LogP contribution in [0.2, 0.25) is 0 Å². The molecule has 1 aromatic heterocycles. The summed E-state index contributed by atoms with van der Waals surface area (Å²) in [6.07, 6.45) is 8.02. The molecule has 0 aliphatic heterocycles. The maximum atomic E-state index is 14.2. The summed E-state index contributed by atoms with van der Waals surface area (Å²) in [5.74, 6) is -1.59. The summed E-state index contributed by atoms with van der Waals surface area (Å²) in [5, 5.41) is 19.2. The van der Waals surface area contributed by atoms with E-state index in [1.54, 1.807) is 25.1 Å². The van der Waals surface area contributed by atoms with Crippen LogP contribution in [0.3, 0.4) is 0 Å². The molecule has 0 unspecified atom stereocenters. The molecule has 3 atom stereocenters. The van der Waals surface area contributed by atoms with Crippen LogP contribution in [-0.2, 0) is 25.7 Å². The molecule has 1 aromatic carbocycles. The second-order valence-electron chi connectivity index (χ2n) is 11.2. The molecule has 0 radical (unpaired) electrons. The summed E-state index contributed by atoms with van der Waals surface area (Å²) in [4.78, 5) is 57.1. The molecule has 0 bridgehead atoms. The lowest BCUT2D eigenvalue weighted by Gasteiger charge is -2.38. The summed E-state index contributed by atoms with van der Waals surface area (Å²) in [6.45, 7) is 3.69.